The molecule has 1 N–H and O–H groups in total. The predicted molar refractivity (Wildman–Crippen MR) is 79.7 cm³/mol. The van der Waals surface area contributed by atoms with Crippen LogP contribution in [0.2, 0.25) is 0 Å². The molecule has 5 nitrogen and oxygen atoms in total. The zero-order chi connectivity index (χ0) is 14.4. The first-order valence-corrected chi connectivity index (χ1v) is 6.96. The summed E-state index contributed by atoms with van der Waals surface area (Å²) >= 11 is 3.35. The number of nitrogens with zero attached hydrogens (tertiary/aromatic N) is 3. The fourth-order valence-electron chi connectivity index (χ4n) is 1.49. The number of anilines is 1. The number of halogens is 1. The van der Waals surface area contributed by atoms with E-state index in [0.29, 0.717) is 27.6 Å². The Bertz CT molecular complexity index is 639. The van der Waals surface area contributed by atoms with Gasteiger partial charge in [-0.2, -0.15) is 10.2 Å². The van der Waals surface area contributed by atoms with Gasteiger partial charge in [-0.15, -0.1) is 0 Å². The van der Waals surface area contributed by atoms with Gasteiger partial charge in [-0.1, -0.05) is 13.0 Å². The first-order valence-electron chi connectivity index (χ1n) is 6.17. The highest BCUT2D eigenvalue weighted by Gasteiger charge is 2.08. The van der Waals surface area contributed by atoms with Gasteiger partial charge in [-0.3, -0.25) is 0 Å². The van der Waals surface area contributed by atoms with Gasteiger partial charge in [0.05, 0.1) is 22.3 Å². The quantitative estimate of drug-likeness (QED) is 0.903. The Morgan fingerprint density at radius 1 is 1.45 bits per heavy atom. The third kappa shape index (κ3) is 3.68. The van der Waals surface area contributed by atoms with Gasteiger partial charge in [0, 0.05) is 6.54 Å². The molecule has 1 aromatic carbocycles. The maximum absolute atomic E-state index is 8.87. The van der Waals surface area contributed by atoms with Crippen LogP contribution in [0.5, 0.6) is 11.6 Å². The van der Waals surface area contributed by atoms with Crippen molar-refractivity contribution in [3.05, 3.63) is 40.5 Å². The topological polar surface area (TPSA) is 70.8 Å². The van der Waals surface area contributed by atoms with E-state index in [1.165, 1.54) is 0 Å². The van der Waals surface area contributed by atoms with E-state index in [1.54, 1.807) is 30.5 Å². The van der Waals surface area contributed by atoms with Gasteiger partial charge in [0.25, 0.3) is 0 Å². The molecule has 0 amide bonds. The number of hydrogen-bond acceptors (Lipinski definition) is 5. The van der Waals surface area contributed by atoms with Gasteiger partial charge < -0.3 is 10.1 Å². The fourth-order valence-corrected chi connectivity index (χ4v) is 1.76. The molecule has 0 saturated carbocycles. The largest absolute Gasteiger partial charge is 0.438 e. The second-order valence-electron chi connectivity index (χ2n) is 4.02. The van der Waals surface area contributed by atoms with Crippen LogP contribution in [0.15, 0.2) is 34.9 Å². The Morgan fingerprint density at radius 2 is 2.30 bits per heavy atom. The summed E-state index contributed by atoms with van der Waals surface area (Å²) in [6.07, 6.45) is 2.62. The van der Waals surface area contributed by atoms with E-state index in [4.69, 9.17) is 10.00 Å². The van der Waals surface area contributed by atoms with Crippen molar-refractivity contribution in [3.8, 4) is 17.7 Å². The Morgan fingerprint density at radius 3 is 3.05 bits per heavy atom. The van der Waals surface area contributed by atoms with Crippen molar-refractivity contribution in [3.63, 3.8) is 0 Å². The van der Waals surface area contributed by atoms with E-state index in [0.717, 1.165) is 13.0 Å². The number of benzene rings is 1. The molecule has 0 aliphatic rings. The zero-order valence-corrected chi connectivity index (χ0v) is 12.5. The highest BCUT2D eigenvalue weighted by Crippen LogP contribution is 2.28. The summed E-state index contributed by atoms with van der Waals surface area (Å²) in [5.74, 6) is 1.49. The van der Waals surface area contributed by atoms with E-state index >= 15 is 0 Å². The number of nitrogens with one attached hydrogen (secondary N) is 1. The van der Waals surface area contributed by atoms with E-state index in [9.17, 15) is 0 Å². The number of nitriles is 1. The first-order chi connectivity index (χ1) is 9.72. The average molecular weight is 333 g/mol. The summed E-state index contributed by atoms with van der Waals surface area (Å²) in [5, 5.41) is 12.0. The number of aromatic nitrogens is 2. The Kier molecular flexibility index (Phi) is 4.91. The number of ether oxygens (including phenoxy) is 1. The molecule has 1 heterocycles. The van der Waals surface area contributed by atoms with Gasteiger partial charge in [0.15, 0.2) is 0 Å². The maximum Gasteiger partial charge on any atom is 0.238 e. The van der Waals surface area contributed by atoms with Crippen LogP contribution >= 0.6 is 15.9 Å². The molecule has 0 atom stereocenters. The van der Waals surface area contributed by atoms with Crippen molar-refractivity contribution in [2.24, 2.45) is 0 Å². The maximum atomic E-state index is 8.87. The van der Waals surface area contributed by atoms with E-state index < -0.39 is 0 Å². The number of hydrogen-bond donors (Lipinski definition) is 1. The van der Waals surface area contributed by atoms with Gasteiger partial charge in [-0.25, -0.2) is 4.98 Å². The van der Waals surface area contributed by atoms with Crippen LogP contribution in [0.3, 0.4) is 0 Å². The molecule has 0 spiro atoms. The third-order valence-corrected chi connectivity index (χ3v) is 2.97. The van der Waals surface area contributed by atoms with Gasteiger partial charge in [-0.05, 0) is 40.5 Å². The second-order valence-corrected chi connectivity index (χ2v) is 4.87. The lowest BCUT2D eigenvalue weighted by Gasteiger charge is -2.09. The molecular formula is C14H13BrN4O. The van der Waals surface area contributed by atoms with Crippen molar-refractivity contribution in [1.82, 2.24) is 9.97 Å². The minimum absolute atomic E-state index is 0.411. The fraction of sp³-hybridized carbons (Fsp3) is 0.214. The summed E-state index contributed by atoms with van der Waals surface area (Å²) in [6, 6.07) is 8.98. The molecular weight excluding hydrogens is 320 g/mol. The van der Waals surface area contributed by atoms with E-state index in [1.807, 2.05) is 0 Å². The standard InChI is InChI=1S/C14H13BrN4O/c1-2-6-17-14-18-9-12(15)13(19-14)20-11-5-3-4-10(7-11)8-16/h3-5,7,9H,2,6H2,1H3,(H,17,18,19). The second kappa shape index (κ2) is 6.87. The lowest BCUT2D eigenvalue weighted by molar-refractivity contribution is 0.458. The molecule has 1 aromatic heterocycles. The zero-order valence-electron chi connectivity index (χ0n) is 10.9. The third-order valence-electron chi connectivity index (χ3n) is 2.42. The van der Waals surface area contributed by atoms with Crippen LogP contribution in [-0.4, -0.2) is 16.5 Å². The minimum Gasteiger partial charge on any atom is -0.438 e. The molecule has 0 bridgehead atoms. The van der Waals surface area contributed by atoms with Crippen molar-refractivity contribution >= 4 is 21.9 Å². The molecule has 0 unspecified atom stereocenters. The van der Waals surface area contributed by atoms with Gasteiger partial charge in [0.2, 0.25) is 11.8 Å². The lowest BCUT2D eigenvalue weighted by Crippen LogP contribution is -2.05. The lowest BCUT2D eigenvalue weighted by atomic mass is 10.2. The molecule has 0 fully saturated rings. The summed E-state index contributed by atoms with van der Waals surface area (Å²) in [7, 11) is 0. The minimum atomic E-state index is 0.411. The summed E-state index contributed by atoms with van der Waals surface area (Å²) in [5.41, 5.74) is 0.539. The molecule has 2 rings (SSSR count). The monoisotopic (exact) mass is 332 g/mol. The van der Waals surface area contributed by atoms with Crippen LogP contribution in [-0.2, 0) is 0 Å². The molecule has 0 radical (unpaired) electrons. The number of rotatable bonds is 5. The van der Waals surface area contributed by atoms with Gasteiger partial charge in [0.1, 0.15) is 5.75 Å². The molecule has 0 saturated heterocycles. The smallest absolute Gasteiger partial charge is 0.238 e. The normalized spacial score (nSPS) is 9.85. The van der Waals surface area contributed by atoms with Crippen molar-refractivity contribution in [2.45, 2.75) is 13.3 Å². The Balaban J connectivity index is 2.21. The van der Waals surface area contributed by atoms with Crippen LogP contribution in [0.25, 0.3) is 0 Å². The highest BCUT2D eigenvalue weighted by molar-refractivity contribution is 9.10. The molecule has 0 aliphatic heterocycles. The Labute approximate surface area is 125 Å². The molecule has 20 heavy (non-hydrogen) atoms. The predicted octanol–water partition coefficient (Wildman–Crippen LogP) is 3.72. The Hall–Kier alpha value is -2.13. The SMILES string of the molecule is CCCNc1ncc(Br)c(Oc2cccc(C#N)c2)n1. The summed E-state index contributed by atoms with van der Waals surface area (Å²) in [6.45, 7) is 2.86. The summed E-state index contributed by atoms with van der Waals surface area (Å²) < 4.78 is 6.34. The average Bonchev–Trinajstić information content (AvgIpc) is 2.48. The van der Waals surface area contributed by atoms with Crippen LogP contribution in [0.1, 0.15) is 18.9 Å². The van der Waals surface area contributed by atoms with Crippen LogP contribution in [0.4, 0.5) is 5.95 Å². The highest BCUT2D eigenvalue weighted by atomic mass is 79.9. The van der Waals surface area contributed by atoms with Crippen LogP contribution < -0.4 is 10.1 Å². The van der Waals surface area contributed by atoms with Crippen molar-refractivity contribution < 1.29 is 4.74 Å². The molecule has 6 heteroatoms. The molecule has 2 aromatic rings. The van der Waals surface area contributed by atoms with Crippen molar-refractivity contribution in [2.75, 3.05) is 11.9 Å². The molecule has 0 aliphatic carbocycles. The van der Waals surface area contributed by atoms with E-state index in [2.05, 4.69) is 44.2 Å². The van der Waals surface area contributed by atoms with Crippen LogP contribution in [0, 0.1) is 11.3 Å². The first kappa shape index (κ1) is 14.3. The van der Waals surface area contributed by atoms with E-state index in [-0.39, 0.29) is 0 Å². The summed E-state index contributed by atoms with van der Waals surface area (Å²) in [4.78, 5) is 8.44. The molecule has 102 valence electrons. The van der Waals surface area contributed by atoms with Crippen molar-refractivity contribution in [1.29, 1.82) is 5.26 Å². The van der Waals surface area contributed by atoms with Gasteiger partial charge >= 0.3 is 0 Å².